The first-order valence-corrected chi connectivity index (χ1v) is 5.68. The quantitative estimate of drug-likeness (QED) is 0.880. The third-order valence-electron chi connectivity index (χ3n) is 2.32. The van der Waals surface area contributed by atoms with Crippen molar-refractivity contribution in [3.8, 4) is 11.5 Å². The number of aromatic nitrogens is 2. The maximum Gasteiger partial charge on any atom is 0.389 e. The highest BCUT2D eigenvalue weighted by atomic mass is 35.5. The summed E-state index contributed by atoms with van der Waals surface area (Å²) in [5.41, 5.74) is 6.43. The number of hydrogen-bond acceptors (Lipinski definition) is 4. The van der Waals surface area contributed by atoms with Crippen molar-refractivity contribution in [2.45, 2.75) is 19.0 Å². The van der Waals surface area contributed by atoms with Crippen LogP contribution < -0.4 is 5.73 Å². The number of nitrogen functional groups attached to an aromatic ring is 1. The second-order valence-corrected chi connectivity index (χ2v) is 4.28. The molecule has 2 aromatic rings. The van der Waals surface area contributed by atoms with Crippen molar-refractivity contribution in [1.82, 2.24) is 10.1 Å². The highest BCUT2D eigenvalue weighted by Crippen LogP contribution is 2.29. The Morgan fingerprint density at radius 1 is 1.32 bits per heavy atom. The first kappa shape index (κ1) is 13.7. The average Bonchev–Trinajstić information content (AvgIpc) is 2.74. The number of halogens is 4. The summed E-state index contributed by atoms with van der Waals surface area (Å²) in [6.07, 6.45) is -5.58. The monoisotopic (exact) mass is 291 g/mol. The van der Waals surface area contributed by atoms with Gasteiger partial charge >= 0.3 is 6.18 Å². The number of aryl methyl sites for hydroxylation is 1. The van der Waals surface area contributed by atoms with E-state index in [-0.39, 0.29) is 18.1 Å². The number of benzene rings is 1. The second kappa shape index (κ2) is 5.08. The van der Waals surface area contributed by atoms with Crippen molar-refractivity contribution in [3.63, 3.8) is 0 Å². The lowest BCUT2D eigenvalue weighted by Gasteiger charge is -2.02. The van der Waals surface area contributed by atoms with E-state index in [4.69, 9.17) is 21.9 Å². The normalized spacial score (nSPS) is 11.8. The summed E-state index contributed by atoms with van der Waals surface area (Å²) in [5, 5.41) is 3.78. The molecule has 4 nitrogen and oxygen atoms in total. The van der Waals surface area contributed by atoms with Gasteiger partial charge in [-0.25, -0.2) is 0 Å². The molecule has 0 amide bonds. The maximum absolute atomic E-state index is 12.1. The van der Waals surface area contributed by atoms with E-state index >= 15 is 0 Å². The standard InChI is InChI=1S/C11H9ClF3N3O/c12-8-5-6(16)1-2-7(8)10-17-9(18-19-10)3-4-11(13,14)15/h1-2,5H,3-4,16H2. The molecule has 0 saturated carbocycles. The van der Waals surface area contributed by atoms with Gasteiger partial charge in [-0.1, -0.05) is 16.8 Å². The van der Waals surface area contributed by atoms with E-state index in [1.807, 2.05) is 0 Å². The fourth-order valence-electron chi connectivity index (χ4n) is 1.42. The summed E-state index contributed by atoms with van der Waals surface area (Å²) in [7, 11) is 0. The minimum Gasteiger partial charge on any atom is -0.399 e. The van der Waals surface area contributed by atoms with Crippen molar-refractivity contribution < 1.29 is 17.7 Å². The Morgan fingerprint density at radius 3 is 2.68 bits per heavy atom. The molecular weight excluding hydrogens is 283 g/mol. The second-order valence-electron chi connectivity index (χ2n) is 3.87. The smallest absolute Gasteiger partial charge is 0.389 e. The van der Waals surface area contributed by atoms with Crippen LogP contribution in [0.25, 0.3) is 11.5 Å². The Morgan fingerprint density at radius 2 is 2.05 bits per heavy atom. The first-order chi connectivity index (χ1) is 8.85. The van der Waals surface area contributed by atoms with Gasteiger partial charge in [-0.05, 0) is 18.2 Å². The number of rotatable bonds is 3. The molecule has 0 aliphatic heterocycles. The molecule has 2 rings (SSSR count). The zero-order valence-electron chi connectivity index (χ0n) is 9.54. The molecule has 1 heterocycles. The van der Waals surface area contributed by atoms with Crippen LogP contribution in [0.1, 0.15) is 12.2 Å². The van der Waals surface area contributed by atoms with E-state index in [0.717, 1.165) is 0 Å². The van der Waals surface area contributed by atoms with Crippen molar-refractivity contribution in [2.24, 2.45) is 0 Å². The van der Waals surface area contributed by atoms with Crippen molar-refractivity contribution >= 4 is 17.3 Å². The lowest BCUT2D eigenvalue weighted by molar-refractivity contribution is -0.134. The predicted octanol–water partition coefficient (Wildman–Crippen LogP) is 3.47. The van der Waals surface area contributed by atoms with Gasteiger partial charge in [-0.15, -0.1) is 0 Å². The van der Waals surface area contributed by atoms with Gasteiger partial charge in [0.1, 0.15) is 0 Å². The first-order valence-electron chi connectivity index (χ1n) is 5.30. The number of nitrogens with two attached hydrogens (primary N) is 1. The minimum absolute atomic E-state index is 0.0137. The Balaban J connectivity index is 2.16. The van der Waals surface area contributed by atoms with Crippen LogP contribution in [0.2, 0.25) is 5.02 Å². The van der Waals surface area contributed by atoms with Crippen LogP contribution in [0.5, 0.6) is 0 Å². The van der Waals surface area contributed by atoms with Crippen molar-refractivity contribution in [2.75, 3.05) is 5.73 Å². The van der Waals surface area contributed by atoms with E-state index in [1.165, 1.54) is 6.07 Å². The molecule has 0 unspecified atom stereocenters. The Labute approximate surface area is 111 Å². The molecule has 19 heavy (non-hydrogen) atoms. The number of anilines is 1. The van der Waals surface area contributed by atoms with E-state index < -0.39 is 12.6 Å². The SMILES string of the molecule is Nc1ccc(-c2nc(CCC(F)(F)F)no2)c(Cl)c1. The summed E-state index contributed by atoms with van der Waals surface area (Å²) in [4.78, 5) is 3.87. The summed E-state index contributed by atoms with van der Waals surface area (Å²) in [6, 6.07) is 4.65. The fourth-order valence-corrected chi connectivity index (χ4v) is 1.69. The fraction of sp³-hybridized carbons (Fsp3) is 0.273. The van der Waals surface area contributed by atoms with Gasteiger partial charge in [0.2, 0.25) is 0 Å². The number of hydrogen-bond donors (Lipinski definition) is 1. The largest absolute Gasteiger partial charge is 0.399 e. The van der Waals surface area contributed by atoms with Crippen LogP contribution >= 0.6 is 11.6 Å². The maximum atomic E-state index is 12.1. The van der Waals surface area contributed by atoms with Crippen LogP contribution in [-0.2, 0) is 6.42 Å². The molecule has 0 bridgehead atoms. The molecule has 0 aliphatic carbocycles. The highest BCUT2D eigenvalue weighted by Gasteiger charge is 2.27. The van der Waals surface area contributed by atoms with Crippen LogP contribution in [0, 0.1) is 0 Å². The van der Waals surface area contributed by atoms with E-state index in [9.17, 15) is 13.2 Å². The van der Waals surface area contributed by atoms with Gasteiger partial charge in [0, 0.05) is 12.1 Å². The van der Waals surface area contributed by atoms with Crippen LogP contribution in [0.15, 0.2) is 22.7 Å². The van der Waals surface area contributed by atoms with Gasteiger partial charge in [0.05, 0.1) is 17.0 Å². The molecule has 102 valence electrons. The zero-order valence-corrected chi connectivity index (χ0v) is 10.3. The van der Waals surface area contributed by atoms with Gasteiger partial charge in [0.25, 0.3) is 5.89 Å². The van der Waals surface area contributed by atoms with Crippen LogP contribution in [0.4, 0.5) is 18.9 Å². The molecule has 8 heteroatoms. The number of alkyl halides is 3. The molecule has 1 aromatic heterocycles. The molecular formula is C11H9ClF3N3O. The van der Waals surface area contributed by atoms with E-state index in [1.54, 1.807) is 12.1 Å². The summed E-state index contributed by atoms with van der Waals surface area (Å²) < 4.78 is 41.1. The summed E-state index contributed by atoms with van der Waals surface area (Å²) in [5.74, 6) is 0.0578. The molecule has 0 atom stereocenters. The average molecular weight is 292 g/mol. The van der Waals surface area contributed by atoms with Gasteiger partial charge in [-0.3, -0.25) is 0 Å². The van der Waals surface area contributed by atoms with Crippen molar-refractivity contribution in [3.05, 3.63) is 29.0 Å². The third-order valence-corrected chi connectivity index (χ3v) is 2.64. The van der Waals surface area contributed by atoms with E-state index in [2.05, 4.69) is 10.1 Å². The predicted molar refractivity (Wildman–Crippen MR) is 63.5 cm³/mol. The minimum atomic E-state index is -4.25. The molecule has 0 spiro atoms. The van der Waals surface area contributed by atoms with E-state index in [0.29, 0.717) is 16.3 Å². The van der Waals surface area contributed by atoms with Crippen LogP contribution in [0.3, 0.4) is 0 Å². The molecule has 1 aromatic carbocycles. The Hall–Kier alpha value is -1.76. The third kappa shape index (κ3) is 3.60. The lowest BCUT2D eigenvalue weighted by Crippen LogP contribution is -2.09. The molecule has 0 radical (unpaired) electrons. The number of nitrogens with zero attached hydrogens (tertiary/aromatic N) is 2. The topological polar surface area (TPSA) is 64.9 Å². The Bertz CT molecular complexity index is 583. The highest BCUT2D eigenvalue weighted by molar-refractivity contribution is 6.33. The van der Waals surface area contributed by atoms with Gasteiger partial charge in [-0.2, -0.15) is 18.2 Å². The Kier molecular flexibility index (Phi) is 3.66. The molecule has 2 N–H and O–H groups in total. The van der Waals surface area contributed by atoms with Gasteiger partial charge in [0.15, 0.2) is 5.82 Å². The van der Waals surface area contributed by atoms with Crippen molar-refractivity contribution in [1.29, 1.82) is 0 Å². The van der Waals surface area contributed by atoms with Gasteiger partial charge < -0.3 is 10.3 Å². The lowest BCUT2D eigenvalue weighted by atomic mass is 10.2. The molecule has 0 aliphatic rings. The summed E-state index contributed by atoms with van der Waals surface area (Å²) >= 11 is 5.94. The van der Waals surface area contributed by atoms with Crippen LogP contribution in [-0.4, -0.2) is 16.3 Å². The molecule has 0 saturated heterocycles. The zero-order chi connectivity index (χ0) is 14.0. The summed E-state index contributed by atoms with van der Waals surface area (Å²) in [6.45, 7) is 0. The molecule has 0 fully saturated rings.